The molecule has 0 aliphatic heterocycles. The first kappa shape index (κ1) is 15.7. The summed E-state index contributed by atoms with van der Waals surface area (Å²) in [5.74, 6) is 1.43. The van der Waals surface area contributed by atoms with Crippen LogP contribution in [0.4, 0.5) is 10.5 Å². The van der Waals surface area contributed by atoms with E-state index < -0.39 is 6.09 Å². The number of fused-ring (bicyclic) bond motifs is 1. The van der Waals surface area contributed by atoms with Crippen molar-refractivity contribution in [2.24, 2.45) is 0 Å². The molecular formula is C19H17NO4. The SMILES string of the molecule is COc1cc(OC)c2ccccc2c1OC(=O)Nc1ccccc1. The van der Waals surface area contributed by atoms with E-state index in [-0.39, 0.29) is 0 Å². The van der Waals surface area contributed by atoms with Crippen LogP contribution >= 0.6 is 0 Å². The van der Waals surface area contributed by atoms with Crippen LogP contribution in [0.3, 0.4) is 0 Å². The van der Waals surface area contributed by atoms with Crippen LogP contribution in [0.1, 0.15) is 0 Å². The van der Waals surface area contributed by atoms with Crippen molar-refractivity contribution in [3.8, 4) is 17.2 Å². The fraction of sp³-hybridized carbons (Fsp3) is 0.105. The van der Waals surface area contributed by atoms with Crippen molar-refractivity contribution in [1.82, 2.24) is 0 Å². The predicted octanol–water partition coefficient (Wildman–Crippen LogP) is 4.47. The highest BCUT2D eigenvalue weighted by Crippen LogP contribution is 2.41. The Balaban J connectivity index is 1.97. The number of para-hydroxylation sites is 1. The van der Waals surface area contributed by atoms with Crippen molar-refractivity contribution in [2.75, 3.05) is 19.5 Å². The zero-order valence-electron chi connectivity index (χ0n) is 13.4. The minimum Gasteiger partial charge on any atom is -0.496 e. The van der Waals surface area contributed by atoms with Gasteiger partial charge in [0.05, 0.1) is 14.2 Å². The third-order valence-corrected chi connectivity index (χ3v) is 3.58. The summed E-state index contributed by atoms with van der Waals surface area (Å²) in [7, 11) is 3.11. The van der Waals surface area contributed by atoms with Crippen LogP contribution in [-0.4, -0.2) is 20.3 Å². The summed E-state index contributed by atoms with van der Waals surface area (Å²) in [6.07, 6.45) is -0.588. The van der Waals surface area contributed by atoms with Crippen LogP contribution in [0.2, 0.25) is 0 Å². The number of ether oxygens (including phenoxy) is 3. The Hall–Kier alpha value is -3.21. The highest BCUT2D eigenvalue weighted by atomic mass is 16.6. The number of hydrogen-bond acceptors (Lipinski definition) is 4. The summed E-state index contributed by atoms with van der Waals surface area (Å²) in [5.41, 5.74) is 0.652. The molecule has 0 radical (unpaired) electrons. The van der Waals surface area contributed by atoms with Crippen LogP contribution in [0, 0.1) is 0 Å². The fourth-order valence-corrected chi connectivity index (χ4v) is 2.47. The zero-order valence-corrected chi connectivity index (χ0v) is 13.4. The van der Waals surface area contributed by atoms with E-state index in [1.54, 1.807) is 25.3 Å². The average molecular weight is 323 g/mol. The van der Waals surface area contributed by atoms with E-state index in [9.17, 15) is 4.79 Å². The average Bonchev–Trinajstić information content (AvgIpc) is 2.62. The molecule has 0 unspecified atom stereocenters. The quantitative estimate of drug-likeness (QED) is 0.770. The maximum atomic E-state index is 12.2. The molecule has 0 aliphatic carbocycles. The molecule has 3 rings (SSSR count). The van der Waals surface area contributed by atoms with Crippen molar-refractivity contribution in [1.29, 1.82) is 0 Å². The standard InChI is InChI=1S/C19H17NO4/c1-22-16-12-17(23-2)18(15-11-7-6-10-14(15)16)24-19(21)20-13-8-4-3-5-9-13/h3-12H,1-2H3,(H,20,21). The largest absolute Gasteiger partial charge is 0.496 e. The Morgan fingerprint density at radius 1 is 0.833 bits per heavy atom. The molecule has 5 heteroatoms. The minimum absolute atomic E-state index is 0.349. The van der Waals surface area contributed by atoms with E-state index in [1.807, 2.05) is 42.5 Å². The second-order valence-electron chi connectivity index (χ2n) is 5.04. The Morgan fingerprint density at radius 3 is 2.12 bits per heavy atom. The second-order valence-corrected chi connectivity index (χ2v) is 5.04. The Morgan fingerprint density at radius 2 is 1.46 bits per heavy atom. The lowest BCUT2D eigenvalue weighted by Crippen LogP contribution is -2.17. The molecule has 0 aromatic heterocycles. The van der Waals surface area contributed by atoms with Crippen molar-refractivity contribution < 1.29 is 19.0 Å². The molecule has 0 saturated heterocycles. The highest BCUT2D eigenvalue weighted by molar-refractivity contribution is 5.98. The van der Waals surface area contributed by atoms with E-state index >= 15 is 0 Å². The lowest BCUT2D eigenvalue weighted by molar-refractivity contribution is 0.213. The lowest BCUT2D eigenvalue weighted by atomic mass is 10.1. The summed E-state index contributed by atoms with van der Waals surface area (Å²) in [5, 5.41) is 4.26. The molecule has 0 aliphatic rings. The van der Waals surface area contributed by atoms with Gasteiger partial charge in [-0.3, -0.25) is 5.32 Å². The van der Waals surface area contributed by atoms with Gasteiger partial charge in [0.15, 0.2) is 11.5 Å². The number of carbonyl (C=O) groups is 1. The number of amides is 1. The van der Waals surface area contributed by atoms with Crippen LogP contribution in [0.15, 0.2) is 60.7 Å². The summed E-state index contributed by atoms with van der Waals surface area (Å²) in [6.45, 7) is 0. The third-order valence-electron chi connectivity index (χ3n) is 3.58. The zero-order chi connectivity index (χ0) is 16.9. The number of anilines is 1. The molecule has 3 aromatic carbocycles. The molecule has 122 valence electrons. The third kappa shape index (κ3) is 3.10. The number of rotatable bonds is 4. The summed E-state index contributed by atoms with van der Waals surface area (Å²) in [4.78, 5) is 12.2. The van der Waals surface area contributed by atoms with Gasteiger partial charge in [0.25, 0.3) is 0 Å². The molecule has 1 N–H and O–H groups in total. The van der Waals surface area contributed by atoms with Gasteiger partial charge in [-0.05, 0) is 12.1 Å². The monoisotopic (exact) mass is 323 g/mol. The maximum absolute atomic E-state index is 12.2. The Labute approximate surface area is 139 Å². The maximum Gasteiger partial charge on any atom is 0.417 e. The van der Waals surface area contributed by atoms with Crippen LogP contribution in [0.5, 0.6) is 17.2 Å². The molecule has 0 spiro atoms. The van der Waals surface area contributed by atoms with Gasteiger partial charge in [0.2, 0.25) is 0 Å². The summed E-state index contributed by atoms with van der Waals surface area (Å²) >= 11 is 0. The number of nitrogens with one attached hydrogen (secondary N) is 1. The number of hydrogen-bond donors (Lipinski definition) is 1. The first-order chi connectivity index (χ1) is 11.7. The van der Waals surface area contributed by atoms with Crippen molar-refractivity contribution in [2.45, 2.75) is 0 Å². The van der Waals surface area contributed by atoms with Gasteiger partial charge in [-0.1, -0.05) is 42.5 Å². The fourth-order valence-electron chi connectivity index (χ4n) is 2.47. The van der Waals surface area contributed by atoms with Crippen LogP contribution in [-0.2, 0) is 0 Å². The molecule has 5 nitrogen and oxygen atoms in total. The number of methoxy groups -OCH3 is 2. The van der Waals surface area contributed by atoms with E-state index in [0.29, 0.717) is 22.9 Å². The van der Waals surface area contributed by atoms with Gasteiger partial charge in [-0.25, -0.2) is 4.79 Å². The first-order valence-corrected chi connectivity index (χ1v) is 7.40. The molecular weight excluding hydrogens is 306 g/mol. The summed E-state index contributed by atoms with van der Waals surface area (Å²) < 4.78 is 16.3. The molecule has 24 heavy (non-hydrogen) atoms. The van der Waals surface area contributed by atoms with E-state index in [4.69, 9.17) is 14.2 Å². The van der Waals surface area contributed by atoms with E-state index in [1.165, 1.54) is 7.11 Å². The molecule has 0 atom stereocenters. The van der Waals surface area contributed by atoms with Crippen LogP contribution < -0.4 is 19.5 Å². The molecule has 0 bridgehead atoms. The number of carbonyl (C=O) groups excluding carboxylic acids is 1. The topological polar surface area (TPSA) is 56.8 Å². The Kier molecular flexibility index (Phi) is 4.52. The van der Waals surface area contributed by atoms with Gasteiger partial charge in [0, 0.05) is 22.5 Å². The van der Waals surface area contributed by atoms with Crippen molar-refractivity contribution in [3.05, 3.63) is 60.7 Å². The van der Waals surface area contributed by atoms with Crippen LogP contribution in [0.25, 0.3) is 10.8 Å². The Bertz CT molecular complexity index is 862. The van der Waals surface area contributed by atoms with Crippen molar-refractivity contribution >= 4 is 22.6 Å². The molecule has 1 amide bonds. The van der Waals surface area contributed by atoms with Gasteiger partial charge in [-0.2, -0.15) is 0 Å². The molecule has 0 saturated carbocycles. The second kappa shape index (κ2) is 6.91. The molecule has 0 fully saturated rings. The number of benzene rings is 3. The molecule has 3 aromatic rings. The highest BCUT2D eigenvalue weighted by Gasteiger charge is 2.17. The summed E-state index contributed by atoms with van der Waals surface area (Å²) in [6, 6.07) is 18.3. The van der Waals surface area contributed by atoms with Gasteiger partial charge in [-0.15, -0.1) is 0 Å². The van der Waals surface area contributed by atoms with Gasteiger partial charge in [0.1, 0.15) is 5.75 Å². The van der Waals surface area contributed by atoms with E-state index in [2.05, 4.69) is 5.32 Å². The molecule has 0 heterocycles. The lowest BCUT2D eigenvalue weighted by Gasteiger charge is -2.15. The minimum atomic E-state index is -0.588. The van der Waals surface area contributed by atoms with Crippen molar-refractivity contribution in [3.63, 3.8) is 0 Å². The first-order valence-electron chi connectivity index (χ1n) is 7.40. The van der Waals surface area contributed by atoms with Gasteiger partial charge >= 0.3 is 6.09 Å². The predicted molar refractivity (Wildman–Crippen MR) is 93.1 cm³/mol. The normalized spacial score (nSPS) is 10.2. The van der Waals surface area contributed by atoms with E-state index in [0.717, 1.165) is 10.8 Å². The smallest absolute Gasteiger partial charge is 0.417 e. The van der Waals surface area contributed by atoms with Gasteiger partial charge < -0.3 is 14.2 Å².